The van der Waals surface area contributed by atoms with E-state index < -0.39 is 17.5 Å². The lowest BCUT2D eigenvalue weighted by Crippen LogP contribution is -1.97. The van der Waals surface area contributed by atoms with Gasteiger partial charge >= 0.3 is 0 Å². The van der Waals surface area contributed by atoms with Crippen LogP contribution in [0.2, 0.25) is 0 Å². The monoisotopic (exact) mass is 412 g/mol. The van der Waals surface area contributed by atoms with E-state index >= 15 is 0 Å². The summed E-state index contributed by atoms with van der Waals surface area (Å²) >= 11 is 0. The van der Waals surface area contributed by atoms with Gasteiger partial charge < -0.3 is 4.74 Å². The third-order valence-corrected chi connectivity index (χ3v) is 5.13. The van der Waals surface area contributed by atoms with Crippen LogP contribution in [0.1, 0.15) is 45.4 Å². The molecule has 3 rings (SSSR count). The zero-order chi connectivity index (χ0) is 21.3. The molecule has 4 heteroatoms. The Bertz CT molecular complexity index is 951. The Kier molecular flexibility index (Phi) is 7.95. The zero-order valence-electron chi connectivity index (χ0n) is 17.3. The molecule has 30 heavy (non-hydrogen) atoms. The number of unbranched alkanes of at least 4 members (excludes halogenated alkanes) is 5. The van der Waals surface area contributed by atoms with Crippen molar-refractivity contribution in [3.8, 4) is 28.0 Å². The smallest absolute Gasteiger partial charge is 0.131 e. The molecule has 0 amide bonds. The molecule has 0 unspecified atom stereocenters. The van der Waals surface area contributed by atoms with Gasteiger partial charge in [-0.2, -0.15) is 0 Å². The van der Waals surface area contributed by atoms with Crippen molar-refractivity contribution in [2.75, 3.05) is 6.61 Å². The first-order chi connectivity index (χ1) is 14.6. The number of benzene rings is 3. The quantitative estimate of drug-likeness (QED) is 0.305. The van der Waals surface area contributed by atoms with Crippen molar-refractivity contribution in [1.82, 2.24) is 0 Å². The Morgan fingerprint density at radius 2 is 1.27 bits per heavy atom. The van der Waals surface area contributed by atoms with Gasteiger partial charge in [-0.3, -0.25) is 0 Å². The van der Waals surface area contributed by atoms with Crippen LogP contribution in [-0.2, 0) is 0 Å². The van der Waals surface area contributed by atoms with Crippen molar-refractivity contribution in [2.45, 2.75) is 45.4 Å². The van der Waals surface area contributed by atoms with E-state index in [4.69, 9.17) is 4.74 Å². The fourth-order valence-electron chi connectivity index (χ4n) is 3.50. The minimum Gasteiger partial charge on any atom is -0.494 e. The van der Waals surface area contributed by atoms with Crippen molar-refractivity contribution < 1.29 is 17.9 Å². The van der Waals surface area contributed by atoms with Crippen LogP contribution < -0.4 is 4.74 Å². The summed E-state index contributed by atoms with van der Waals surface area (Å²) in [6, 6.07) is 14.6. The molecule has 0 N–H and O–H groups in total. The van der Waals surface area contributed by atoms with Gasteiger partial charge in [-0.1, -0.05) is 57.2 Å². The Labute approximate surface area is 176 Å². The molecule has 0 aliphatic rings. The second-order valence-electron chi connectivity index (χ2n) is 7.45. The lowest BCUT2D eigenvalue weighted by Gasteiger charge is -2.13. The SMILES string of the molecule is CCCCCCCCOc1ccc(-c2cc(F)ccc2-c2cc(F)ccc2F)cc1. The lowest BCUT2D eigenvalue weighted by atomic mass is 9.94. The summed E-state index contributed by atoms with van der Waals surface area (Å²) < 4.78 is 47.7. The maximum atomic E-state index is 14.3. The standard InChI is InChI=1S/C26H27F3O/c1-2-3-4-5-6-7-16-30-22-12-8-19(9-13-22)24-17-20(27)10-14-23(24)25-18-21(28)11-15-26(25)29/h8-15,17-18H,2-7,16H2,1H3. The molecule has 0 atom stereocenters. The molecule has 0 aliphatic heterocycles. The predicted octanol–water partition coefficient (Wildman–Crippen LogP) is 8.18. The van der Waals surface area contributed by atoms with Gasteiger partial charge in [0.15, 0.2) is 0 Å². The average Bonchev–Trinajstić information content (AvgIpc) is 2.75. The molecular formula is C26H27F3O. The molecule has 3 aromatic rings. The van der Waals surface area contributed by atoms with E-state index in [1.807, 2.05) is 24.3 Å². The Hall–Kier alpha value is -2.75. The summed E-state index contributed by atoms with van der Waals surface area (Å²) in [6.45, 7) is 2.86. The molecule has 0 saturated carbocycles. The third kappa shape index (κ3) is 5.88. The normalized spacial score (nSPS) is 10.9. The molecule has 0 spiro atoms. The van der Waals surface area contributed by atoms with E-state index in [-0.39, 0.29) is 5.56 Å². The molecule has 0 aliphatic carbocycles. The Balaban J connectivity index is 1.72. The van der Waals surface area contributed by atoms with Gasteiger partial charge in [-0.15, -0.1) is 0 Å². The maximum absolute atomic E-state index is 14.3. The Morgan fingerprint density at radius 1 is 0.633 bits per heavy atom. The van der Waals surface area contributed by atoms with Gasteiger partial charge in [-0.05, 0) is 65.6 Å². The van der Waals surface area contributed by atoms with Crippen molar-refractivity contribution >= 4 is 0 Å². The predicted molar refractivity (Wildman–Crippen MR) is 116 cm³/mol. The van der Waals surface area contributed by atoms with Gasteiger partial charge in [0.05, 0.1) is 6.61 Å². The van der Waals surface area contributed by atoms with Crippen LogP contribution in [0.25, 0.3) is 22.3 Å². The molecule has 0 radical (unpaired) electrons. The molecule has 0 aromatic heterocycles. The van der Waals surface area contributed by atoms with Crippen LogP contribution in [0.15, 0.2) is 60.7 Å². The van der Waals surface area contributed by atoms with E-state index in [1.54, 1.807) is 0 Å². The van der Waals surface area contributed by atoms with Gasteiger partial charge in [-0.25, -0.2) is 13.2 Å². The highest BCUT2D eigenvalue weighted by atomic mass is 19.1. The van der Waals surface area contributed by atoms with Crippen LogP contribution in [0.3, 0.4) is 0 Å². The number of halogens is 3. The van der Waals surface area contributed by atoms with E-state index in [9.17, 15) is 13.2 Å². The average molecular weight is 412 g/mol. The topological polar surface area (TPSA) is 9.23 Å². The number of ether oxygens (including phenoxy) is 1. The first kappa shape index (κ1) is 21.9. The van der Waals surface area contributed by atoms with Crippen molar-refractivity contribution in [1.29, 1.82) is 0 Å². The van der Waals surface area contributed by atoms with Gasteiger partial charge in [0, 0.05) is 5.56 Å². The van der Waals surface area contributed by atoms with Gasteiger partial charge in [0.1, 0.15) is 23.2 Å². The zero-order valence-corrected chi connectivity index (χ0v) is 17.3. The van der Waals surface area contributed by atoms with Crippen LogP contribution >= 0.6 is 0 Å². The summed E-state index contributed by atoms with van der Waals surface area (Å²) in [5, 5.41) is 0. The second-order valence-corrected chi connectivity index (χ2v) is 7.45. The molecule has 0 bridgehead atoms. The minimum absolute atomic E-state index is 0.105. The molecule has 0 fully saturated rings. The largest absolute Gasteiger partial charge is 0.494 e. The number of hydrogen-bond donors (Lipinski definition) is 0. The highest BCUT2D eigenvalue weighted by molar-refractivity contribution is 5.83. The minimum atomic E-state index is -0.553. The van der Waals surface area contributed by atoms with Crippen LogP contribution in [0, 0.1) is 17.5 Å². The fourth-order valence-corrected chi connectivity index (χ4v) is 3.50. The van der Waals surface area contributed by atoms with Gasteiger partial charge in [0.2, 0.25) is 0 Å². The summed E-state index contributed by atoms with van der Waals surface area (Å²) in [4.78, 5) is 0. The second kappa shape index (κ2) is 10.9. The summed E-state index contributed by atoms with van der Waals surface area (Å²) in [5.41, 5.74) is 1.75. The third-order valence-electron chi connectivity index (χ3n) is 5.13. The van der Waals surface area contributed by atoms with E-state index in [1.165, 1.54) is 43.9 Å². The molecule has 0 saturated heterocycles. The number of hydrogen-bond acceptors (Lipinski definition) is 1. The molecule has 1 nitrogen and oxygen atoms in total. The van der Waals surface area contributed by atoms with Crippen LogP contribution in [0.5, 0.6) is 5.75 Å². The maximum Gasteiger partial charge on any atom is 0.131 e. The van der Waals surface area contributed by atoms with Crippen molar-refractivity contribution in [2.24, 2.45) is 0 Å². The Morgan fingerprint density at radius 3 is 2.00 bits per heavy atom. The fraction of sp³-hybridized carbons (Fsp3) is 0.308. The highest BCUT2D eigenvalue weighted by Crippen LogP contribution is 2.35. The number of rotatable bonds is 10. The van der Waals surface area contributed by atoms with Gasteiger partial charge in [0.25, 0.3) is 0 Å². The summed E-state index contributed by atoms with van der Waals surface area (Å²) in [7, 11) is 0. The van der Waals surface area contributed by atoms with Crippen LogP contribution in [0.4, 0.5) is 13.2 Å². The van der Waals surface area contributed by atoms with E-state index in [0.29, 0.717) is 23.3 Å². The summed E-state index contributed by atoms with van der Waals surface area (Å²) in [6.07, 6.45) is 7.19. The van der Waals surface area contributed by atoms with E-state index in [2.05, 4.69) is 6.92 Å². The van der Waals surface area contributed by atoms with E-state index in [0.717, 1.165) is 36.8 Å². The lowest BCUT2D eigenvalue weighted by molar-refractivity contribution is 0.304. The molecular weight excluding hydrogens is 385 g/mol. The van der Waals surface area contributed by atoms with Crippen LogP contribution in [-0.4, -0.2) is 6.61 Å². The molecule has 158 valence electrons. The first-order valence-corrected chi connectivity index (χ1v) is 10.6. The highest BCUT2D eigenvalue weighted by Gasteiger charge is 2.14. The summed E-state index contributed by atoms with van der Waals surface area (Å²) in [5.74, 6) is -0.792. The van der Waals surface area contributed by atoms with Crippen molar-refractivity contribution in [3.05, 3.63) is 78.1 Å². The molecule has 0 heterocycles. The molecule has 3 aromatic carbocycles. The van der Waals surface area contributed by atoms with Crippen molar-refractivity contribution in [3.63, 3.8) is 0 Å². The first-order valence-electron chi connectivity index (χ1n) is 10.6.